The van der Waals surface area contributed by atoms with Crippen molar-refractivity contribution in [3.05, 3.63) is 0 Å². The van der Waals surface area contributed by atoms with Gasteiger partial charge in [-0.3, -0.25) is 4.79 Å². The van der Waals surface area contributed by atoms with Gasteiger partial charge in [0, 0.05) is 13.0 Å². The maximum Gasteiger partial charge on any atom is 0.511 e. The van der Waals surface area contributed by atoms with Crippen LogP contribution in [0.3, 0.4) is 0 Å². The zero-order valence-corrected chi connectivity index (χ0v) is 10.9. The summed E-state index contributed by atoms with van der Waals surface area (Å²) in [5, 5.41) is 8.48. The summed E-state index contributed by atoms with van der Waals surface area (Å²) >= 11 is 0. The Labute approximate surface area is 103 Å². The van der Waals surface area contributed by atoms with E-state index >= 15 is 0 Å². The van der Waals surface area contributed by atoms with Crippen LogP contribution in [0.5, 0.6) is 0 Å². The van der Waals surface area contributed by atoms with Crippen LogP contribution in [0, 0.1) is 5.41 Å². The van der Waals surface area contributed by atoms with Crippen LogP contribution in [0.4, 0.5) is 13.2 Å². The molecule has 0 aromatic carbocycles. The van der Waals surface area contributed by atoms with Gasteiger partial charge in [-0.1, -0.05) is 13.8 Å². The zero-order valence-electron chi connectivity index (χ0n) is 10.0. The predicted octanol–water partition coefficient (Wildman–Crippen LogP) is 1.71. The van der Waals surface area contributed by atoms with Gasteiger partial charge < -0.3 is 5.11 Å². The molecule has 0 heterocycles. The number of carboxylic acids is 1. The number of carboxylic acid groups (broad SMARTS) is 1. The molecule has 0 radical (unpaired) electrons. The van der Waals surface area contributed by atoms with Gasteiger partial charge in [-0.15, -0.1) is 0 Å². The first-order valence-corrected chi connectivity index (χ1v) is 6.63. The molecule has 18 heavy (non-hydrogen) atoms. The van der Waals surface area contributed by atoms with Crippen LogP contribution in [0.2, 0.25) is 0 Å². The second-order valence-electron chi connectivity index (χ2n) is 4.65. The molecule has 9 heteroatoms. The van der Waals surface area contributed by atoms with E-state index in [0.717, 1.165) is 0 Å². The van der Waals surface area contributed by atoms with Gasteiger partial charge >= 0.3 is 21.5 Å². The fraction of sp³-hybridized carbons (Fsp3) is 0.889. The van der Waals surface area contributed by atoms with Crippen LogP contribution < -0.4 is 4.72 Å². The number of nitrogens with one attached hydrogen (secondary N) is 1. The molecule has 0 aliphatic rings. The van der Waals surface area contributed by atoms with E-state index in [0.29, 0.717) is 0 Å². The quantitative estimate of drug-likeness (QED) is 0.748. The van der Waals surface area contributed by atoms with Gasteiger partial charge in [0.25, 0.3) is 0 Å². The summed E-state index contributed by atoms with van der Waals surface area (Å²) < 4.78 is 58.7. The Morgan fingerprint density at radius 3 is 2.11 bits per heavy atom. The van der Waals surface area contributed by atoms with E-state index < -0.39 is 26.9 Å². The van der Waals surface area contributed by atoms with E-state index in [-0.39, 0.29) is 25.8 Å². The molecule has 5 nitrogen and oxygen atoms in total. The summed E-state index contributed by atoms with van der Waals surface area (Å²) in [7, 11) is -5.32. The third kappa shape index (κ3) is 6.20. The first kappa shape index (κ1) is 17.2. The van der Waals surface area contributed by atoms with Crippen molar-refractivity contribution in [3.8, 4) is 0 Å². The minimum Gasteiger partial charge on any atom is -0.481 e. The van der Waals surface area contributed by atoms with Crippen molar-refractivity contribution in [2.24, 2.45) is 5.41 Å². The molecule has 0 aliphatic carbocycles. The van der Waals surface area contributed by atoms with E-state index in [1.165, 1.54) is 4.72 Å². The summed E-state index contributed by atoms with van der Waals surface area (Å²) in [6.07, 6.45) is 0.269. The summed E-state index contributed by atoms with van der Waals surface area (Å²) in [5.41, 5.74) is -5.87. The highest BCUT2D eigenvalue weighted by atomic mass is 32.2. The molecule has 0 fully saturated rings. The average molecular weight is 291 g/mol. The van der Waals surface area contributed by atoms with Gasteiger partial charge in [-0.05, 0) is 18.3 Å². The topological polar surface area (TPSA) is 83.5 Å². The summed E-state index contributed by atoms with van der Waals surface area (Å²) in [4.78, 5) is 10.4. The first-order chi connectivity index (χ1) is 7.87. The van der Waals surface area contributed by atoms with E-state index in [1.807, 2.05) is 0 Å². The number of hydrogen-bond donors (Lipinski definition) is 2. The molecule has 0 saturated heterocycles. The van der Waals surface area contributed by atoms with Crippen molar-refractivity contribution in [1.82, 2.24) is 4.72 Å². The maximum absolute atomic E-state index is 12.0. The van der Waals surface area contributed by atoms with Crippen molar-refractivity contribution in [2.45, 2.75) is 38.6 Å². The van der Waals surface area contributed by atoms with Gasteiger partial charge in [0.15, 0.2) is 0 Å². The minimum atomic E-state index is -5.32. The second kappa shape index (κ2) is 5.87. The third-order valence-electron chi connectivity index (χ3n) is 2.41. The molecule has 0 atom stereocenters. The lowest BCUT2D eigenvalue weighted by molar-refractivity contribution is -0.137. The van der Waals surface area contributed by atoms with Crippen LogP contribution in [-0.2, 0) is 14.8 Å². The molecule has 2 N–H and O–H groups in total. The van der Waals surface area contributed by atoms with Gasteiger partial charge in [-0.25, -0.2) is 13.1 Å². The van der Waals surface area contributed by atoms with E-state index in [2.05, 4.69) is 0 Å². The van der Waals surface area contributed by atoms with E-state index in [4.69, 9.17) is 5.11 Å². The molecule has 0 aromatic rings. The normalized spacial score (nSPS) is 13.6. The highest BCUT2D eigenvalue weighted by Crippen LogP contribution is 2.27. The summed E-state index contributed by atoms with van der Waals surface area (Å²) in [6, 6.07) is 0. The lowest BCUT2D eigenvalue weighted by Crippen LogP contribution is -2.38. The number of aliphatic carboxylic acids is 1. The van der Waals surface area contributed by atoms with Crippen molar-refractivity contribution in [2.75, 3.05) is 6.54 Å². The monoisotopic (exact) mass is 291 g/mol. The maximum atomic E-state index is 12.0. The molecule has 0 bridgehead atoms. The Morgan fingerprint density at radius 2 is 1.72 bits per heavy atom. The van der Waals surface area contributed by atoms with Gasteiger partial charge in [0.1, 0.15) is 0 Å². The van der Waals surface area contributed by atoms with Crippen molar-refractivity contribution < 1.29 is 31.5 Å². The molecular weight excluding hydrogens is 275 g/mol. The van der Waals surface area contributed by atoms with Gasteiger partial charge in [-0.2, -0.15) is 13.2 Å². The lowest BCUT2D eigenvalue weighted by Gasteiger charge is -2.23. The highest BCUT2D eigenvalue weighted by Gasteiger charge is 2.45. The minimum absolute atomic E-state index is 0.112. The number of alkyl halides is 3. The van der Waals surface area contributed by atoms with Crippen LogP contribution in [0.15, 0.2) is 0 Å². The molecule has 0 unspecified atom stereocenters. The van der Waals surface area contributed by atoms with Crippen molar-refractivity contribution in [1.29, 1.82) is 0 Å². The molecule has 0 saturated carbocycles. The largest absolute Gasteiger partial charge is 0.511 e. The molecule has 0 aromatic heterocycles. The van der Waals surface area contributed by atoms with E-state index in [9.17, 15) is 26.4 Å². The number of hydrogen-bond acceptors (Lipinski definition) is 3. The molecule has 0 aliphatic heterocycles. The smallest absolute Gasteiger partial charge is 0.481 e. The van der Waals surface area contributed by atoms with Gasteiger partial charge in [0.2, 0.25) is 0 Å². The Bertz CT molecular complexity index is 389. The zero-order chi connectivity index (χ0) is 14.6. The fourth-order valence-corrected chi connectivity index (χ4v) is 1.71. The van der Waals surface area contributed by atoms with Crippen LogP contribution in [-0.4, -0.2) is 31.5 Å². The lowest BCUT2D eigenvalue weighted by atomic mass is 9.84. The van der Waals surface area contributed by atoms with Crippen LogP contribution in [0.25, 0.3) is 0 Å². The second-order valence-corrected chi connectivity index (χ2v) is 6.41. The number of rotatable bonds is 7. The summed E-state index contributed by atoms with van der Waals surface area (Å²) in [6.45, 7) is 2.95. The first-order valence-electron chi connectivity index (χ1n) is 5.15. The van der Waals surface area contributed by atoms with Crippen molar-refractivity contribution >= 4 is 16.0 Å². The number of halogens is 3. The van der Waals surface area contributed by atoms with Gasteiger partial charge in [0.05, 0.1) is 0 Å². The Kier molecular flexibility index (Phi) is 5.60. The summed E-state index contributed by atoms with van der Waals surface area (Å²) in [5.74, 6) is -1.00. The third-order valence-corrected chi connectivity index (χ3v) is 3.61. The molecule has 0 amide bonds. The Morgan fingerprint density at radius 1 is 1.22 bits per heavy atom. The van der Waals surface area contributed by atoms with Crippen LogP contribution in [0.1, 0.15) is 33.1 Å². The van der Waals surface area contributed by atoms with E-state index in [1.54, 1.807) is 13.8 Å². The SMILES string of the molecule is CC(C)(CCNS(=O)(=O)C(F)(F)F)CCC(=O)O. The molecule has 0 spiro atoms. The molecular formula is C9H16F3NO4S. The Hall–Kier alpha value is -0.830. The highest BCUT2D eigenvalue weighted by molar-refractivity contribution is 7.90. The average Bonchev–Trinajstić information content (AvgIpc) is 2.12. The molecule has 0 rings (SSSR count). The predicted molar refractivity (Wildman–Crippen MR) is 58.2 cm³/mol. The van der Waals surface area contributed by atoms with Crippen molar-refractivity contribution in [3.63, 3.8) is 0 Å². The van der Waals surface area contributed by atoms with Crippen LogP contribution >= 0.6 is 0 Å². The fourth-order valence-electron chi connectivity index (χ4n) is 1.18. The molecule has 108 valence electrons. The number of carbonyl (C=O) groups is 1. The standard InChI is InChI=1S/C9H16F3NO4S/c1-8(2,4-3-7(14)15)5-6-13-18(16,17)9(10,11)12/h13H,3-6H2,1-2H3,(H,14,15). The number of sulfonamides is 1. The Balaban J connectivity index is 4.23.